The normalized spacial score (nSPS) is 22.0. The summed E-state index contributed by atoms with van der Waals surface area (Å²) >= 11 is 0. The van der Waals surface area contributed by atoms with Gasteiger partial charge in [-0.2, -0.15) is 0 Å². The zero-order chi connectivity index (χ0) is 13.4. The van der Waals surface area contributed by atoms with Gasteiger partial charge in [0.25, 0.3) is 0 Å². The SMILES string of the molecule is CCCNC(C)CCCCN1CCOC(C)(C)C1. The van der Waals surface area contributed by atoms with Crippen molar-refractivity contribution in [2.75, 3.05) is 32.8 Å². The lowest BCUT2D eigenvalue weighted by molar-refractivity contribution is -0.0861. The molecule has 0 radical (unpaired) electrons. The Kier molecular flexibility index (Phi) is 7.20. The van der Waals surface area contributed by atoms with Crippen molar-refractivity contribution in [1.82, 2.24) is 10.2 Å². The molecule has 0 aromatic heterocycles. The van der Waals surface area contributed by atoms with Crippen LogP contribution < -0.4 is 5.32 Å². The lowest BCUT2D eigenvalue weighted by Crippen LogP contribution is -2.48. The van der Waals surface area contributed by atoms with Gasteiger partial charge in [-0.15, -0.1) is 0 Å². The second kappa shape index (κ2) is 8.13. The Balaban J connectivity index is 2.03. The summed E-state index contributed by atoms with van der Waals surface area (Å²) in [5.41, 5.74) is 0.0498. The van der Waals surface area contributed by atoms with Gasteiger partial charge in [-0.3, -0.25) is 4.90 Å². The van der Waals surface area contributed by atoms with Crippen molar-refractivity contribution in [1.29, 1.82) is 0 Å². The summed E-state index contributed by atoms with van der Waals surface area (Å²) in [6.45, 7) is 14.4. The van der Waals surface area contributed by atoms with E-state index < -0.39 is 0 Å². The smallest absolute Gasteiger partial charge is 0.0753 e. The van der Waals surface area contributed by atoms with E-state index in [1.807, 2.05) is 0 Å². The van der Waals surface area contributed by atoms with Crippen molar-refractivity contribution in [3.63, 3.8) is 0 Å². The van der Waals surface area contributed by atoms with Crippen molar-refractivity contribution < 1.29 is 4.74 Å². The van der Waals surface area contributed by atoms with E-state index in [1.54, 1.807) is 0 Å². The number of hydrogen-bond donors (Lipinski definition) is 1. The number of nitrogens with one attached hydrogen (secondary N) is 1. The molecule has 18 heavy (non-hydrogen) atoms. The number of unbranched alkanes of at least 4 members (excludes halogenated alkanes) is 1. The molecule has 1 saturated heterocycles. The fourth-order valence-electron chi connectivity index (χ4n) is 2.58. The molecule has 0 aromatic carbocycles. The van der Waals surface area contributed by atoms with Crippen molar-refractivity contribution >= 4 is 0 Å². The van der Waals surface area contributed by atoms with Gasteiger partial charge in [0.15, 0.2) is 0 Å². The number of morpholine rings is 1. The molecule has 0 amide bonds. The fourth-order valence-corrected chi connectivity index (χ4v) is 2.58. The second-order valence-electron chi connectivity index (χ2n) is 6.24. The maximum atomic E-state index is 5.73. The molecule has 108 valence electrons. The van der Waals surface area contributed by atoms with Crippen LogP contribution in [0.3, 0.4) is 0 Å². The third-order valence-electron chi connectivity index (χ3n) is 3.61. The van der Waals surface area contributed by atoms with E-state index in [-0.39, 0.29) is 5.60 Å². The van der Waals surface area contributed by atoms with Gasteiger partial charge in [-0.25, -0.2) is 0 Å². The molecule has 0 bridgehead atoms. The molecule has 0 aliphatic carbocycles. The Labute approximate surface area is 113 Å². The molecule has 1 aliphatic heterocycles. The first-order valence-corrected chi connectivity index (χ1v) is 7.63. The topological polar surface area (TPSA) is 24.5 Å². The summed E-state index contributed by atoms with van der Waals surface area (Å²) in [6, 6.07) is 0.672. The van der Waals surface area contributed by atoms with Crippen LogP contribution in [-0.4, -0.2) is 49.3 Å². The molecule has 1 N–H and O–H groups in total. The van der Waals surface area contributed by atoms with E-state index in [4.69, 9.17) is 4.74 Å². The second-order valence-corrected chi connectivity index (χ2v) is 6.24. The summed E-state index contributed by atoms with van der Waals surface area (Å²) in [4.78, 5) is 2.55. The van der Waals surface area contributed by atoms with E-state index in [0.29, 0.717) is 6.04 Å². The lowest BCUT2D eigenvalue weighted by Gasteiger charge is -2.38. The minimum atomic E-state index is 0.0498. The first kappa shape index (κ1) is 15.9. The molecule has 1 fully saturated rings. The average molecular weight is 256 g/mol. The molecular weight excluding hydrogens is 224 g/mol. The Morgan fingerprint density at radius 3 is 2.78 bits per heavy atom. The van der Waals surface area contributed by atoms with Crippen LogP contribution in [-0.2, 0) is 4.74 Å². The van der Waals surface area contributed by atoms with Crippen molar-refractivity contribution in [2.45, 2.75) is 65.0 Å². The molecule has 1 unspecified atom stereocenters. The predicted molar refractivity (Wildman–Crippen MR) is 78.1 cm³/mol. The highest BCUT2D eigenvalue weighted by atomic mass is 16.5. The van der Waals surface area contributed by atoms with Gasteiger partial charge in [-0.1, -0.05) is 13.3 Å². The fraction of sp³-hybridized carbons (Fsp3) is 1.00. The molecule has 0 spiro atoms. The van der Waals surface area contributed by atoms with Gasteiger partial charge in [0.05, 0.1) is 12.2 Å². The zero-order valence-electron chi connectivity index (χ0n) is 12.8. The quantitative estimate of drug-likeness (QED) is 0.676. The third-order valence-corrected chi connectivity index (χ3v) is 3.61. The van der Waals surface area contributed by atoms with Crippen LogP contribution in [0.25, 0.3) is 0 Å². The minimum absolute atomic E-state index is 0.0498. The van der Waals surface area contributed by atoms with E-state index in [0.717, 1.165) is 26.2 Å². The van der Waals surface area contributed by atoms with Crippen LogP contribution in [0, 0.1) is 0 Å². The van der Waals surface area contributed by atoms with E-state index in [1.165, 1.54) is 32.2 Å². The first-order chi connectivity index (χ1) is 8.53. The minimum Gasteiger partial charge on any atom is -0.373 e. The molecule has 1 aliphatic rings. The Bertz CT molecular complexity index is 219. The van der Waals surface area contributed by atoms with Crippen LogP contribution in [0.15, 0.2) is 0 Å². The van der Waals surface area contributed by atoms with Gasteiger partial charge in [-0.05, 0) is 53.1 Å². The molecule has 1 rings (SSSR count). The first-order valence-electron chi connectivity index (χ1n) is 7.63. The molecule has 3 nitrogen and oxygen atoms in total. The molecule has 1 atom stereocenters. The van der Waals surface area contributed by atoms with Gasteiger partial charge < -0.3 is 10.1 Å². The van der Waals surface area contributed by atoms with Gasteiger partial charge in [0.2, 0.25) is 0 Å². The Morgan fingerprint density at radius 2 is 2.11 bits per heavy atom. The van der Waals surface area contributed by atoms with Crippen LogP contribution in [0.4, 0.5) is 0 Å². The maximum Gasteiger partial charge on any atom is 0.0753 e. The van der Waals surface area contributed by atoms with Crippen molar-refractivity contribution in [3.05, 3.63) is 0 Å². The number of nitrogens with zero attached hydrogens (tertiary/aromatic N) is 1. The van der Waals surface area contributed by atoms with Crippen molar-refractivity contribution in [3.8, 4) is 0 Å². The van der Waals surface area contributed by atoms with Gasteiger partial charge in [0.1, 0.15) is 0 Å². The summed E-state index contributed by atoms with van der Waals surface area (Å²) in [6.07, 6.45) is 5.17. The molecule has 1 heterocycles. The van der Waals surface area contributed by atoms with E-state index in [2.05, 4.69) is 37.9 Å². The monoisotopic (exact) mass is 256 g/mol. The number of rotatable bonds is 8. The Hall–Kier alpha value is -0.120. The molecule has 0 aromatic rings. The standard InChI is InChI=1S/C15H32N2O/c1-5-9-16-14(2)8-6-7-10-17-11-12-18-15(3,4)13-17/h14,16H,5-13H2,1-4H3. The maximum absolute atomic E-state index is 5.73. The number of hydrogen-bond acceptors (Lipinski definition) is 3. The summed E-state index contributed by atoms with van der Waals surface area (Å²) in [7, 11) is 0. The van der Waals surface area contributed by atoms with Crippen LogP contribution in [0.1, 0.15) is 53.4 Å². The summed E-state index contributed by atoms with van der Waals surface area (Å²) in [5.74, 6) is 0. The summed E-state index contributed by atoms with van der Waals surface area (Å²) in [5, 5.41) is 3.55. The average Bonchev–Trinajstić information content (AvgIpc) is 2.31. The summed E-state index contributed by atoms with van der Waals surface area (Å²) < 4.78 is 5.73. The van der Waals surface area contributed by atoms with Crippen LogP contribution >= 0.6 is 0 Å². The molecular formula is C15H32N2O. The van der Waals surface area contributed by atoms with Crippen molar-refractivity contribution in [2.24, 2.45) is 0 Å². The molecule has 3 heteroatoms. The highest BCUT2D eigenvalue weighted by molar-refractivity contribution is 4.78. The van der Waals surface area contributed by atoms with Crippen LogP contribution in [0.2, 0.25) is 0 Å². The third kappa shape index (κ3) is 6.72. The number of ether oxygens (including phenoxy) is 1. The molecule has 0 saturated carbocycles. The van der Waals surface area contributed by atoms with Crippen LogP contribution in [0.5, 0.6) is 0 Å². The lowest BCUT2D eigenvalue weighted by atomic mass is 10.1. The van der Waals surface area contributed by atoms with Gasteiger partial charge in [0, 0.05) is 19.1 Å². The zero-order valence-corrected chi connectivity index (χ0v) is 12.8. The largest absolute Gasteiger partial charge is 0.373 e. The van der Waals surface area contributed by atoms with Gasteiger partial charge >= 0.3 is 0 Å². The van der Waals surface area contributed by atoms with E-state index >= 15 is 0 Å². The highest BCUT2D eigenvalue weighted by Gasteiger charge is 2.26. The van der Waals surface area contributed by atoms with E-state index in [9.17, 15) is 0 Å². The Morgan fingerprint density at radius 1 is 1.33 bits per heavy atom. The highest BCUT2D eigenvalue weighted by Crippen LogP contribution is 2.16. The predicted octanol–water partition coefficient (Wildman–Crippen LogP) is 2.66.